The summed E-state index contributed by atoms with van der Waals surface area (Å²) in [5.41, 5.74) is -0.284. The van der Waals surface area contributed by atoms with Crippen molar-refractivity contribution in [1.82, 2.24) is 9.40 Å². The standard InChI is InChI=1S/C26H22F5N5O4S/c1-40-24-13-20(17-10-18(26(29,30)31)12-19(27)11-17)21(28)14-23(24)35-8-3-4-16-15-34(9-6-22(16)35)41(38,39)33-25-5-2-7-32-36(25)37/h2-5,7,10-14,33H,6,8-9,15H2,1H3. The fraction of sp³-hybridized carbons (Fsp3) is 0.231. The van der Waals surface area contributed by atoms with Gasteiger partial charge >= 0.3 is 22.2 Å². The molecule has 0 aliphatic carbocycles. The molecule has 2 aliphatic rings. The van der Waals surface area contributed by atoms with Crippen molar-refractivity contribution in [3.63, 3.8) is 0 Å². The van der Waals surface area contributed by atoms with Crippen LogP contribution in [-0.4, -0.2) is 44.6 Å². The second-order valence-electron chi connectivity index (χ2n) is 9.19. The average Bonchev–Trinajstić information content (AvgIpc) is 2.92. The van der Waals surface area contributed by atoms with Gasteiger partial charge in [0.05, 0.1) is 24.6 Å². The fourth-order valence-electron chi connectivity index (χ4n) is 4.74. The molecular weight excluding hydrogens is 573 g/mol. The molecule has 0 bridgehead atoms. The van der Waals surface area contributed by atoms with Crippen LogP contribution in [0, 0.1) is 16.8 Å². The van der Waals surface area contributed by atoms with Crippen LogP contribution in [0.5, 0.6) is 5.75 Å². The zero-order valence-corrected chi connectivity index (χ0v) is 22.1. The summed E-state index contributed by atoms with van der Waals surface area (Å²) in [5.74, 6) is -2.22. The van der Waals surface area contributed by atoms with Crippen molar-refractivity contribution < 1.29 is 40.0 Å². The lowest BCUT2D eigenvalue weighted by molar-refractivity contribution is -0.654. The predicted molar refractivity (Wildman–Crippen MR) is 139 cm³/mol. The third-order valence-electron chi connectivity index (χ3n) is 6.63. The highest BCUT2D eigenvalue weighted by molar-refractivity contribution is 7.90. The van der Waals surface area contributed by atoms with E-state index in [1.54, 1.807) is 17.1 Å². The van der Waals surface area contributed by atoms with Crippen LogP contribution >= 0.6 is 0 Å². The highest BCUT2D eigenvalue weighted by Gasteiger charge is 2.35. The Kier molecular flexibility index (Phi) is 7.33. The number of nitrogens with zero attached hydrogens (tertiary/aromatic N) is 4. The van der Waals surface area contributed by atoms with Gasteiger partial charge in [-0.05, 0) is 41.5 Å². The summed E-state index contributed by atoms with van der Waals surface area (Å²) in [6.45, 7) is 0.260. The van der Waals surface area contributed by atoms with Gasteiger partial charge in [0.15, 0.2) is 0 Å². The third-order valence-corrected chi connectivity index (χ3v) is 8.09. The molecular formula is C26H22F5N5O4S. The van der Waals surface area contributed by atoms with E-state index in [4.69, 9.17) is 4.74 Å². The number of hydrogen-bond acceptors (Lipinski definition) is 6. The topological polar surface area (TPSA) is 102 Å². The van der Waals surface area contributed by atoms with E-state index >= 15 is 4.39 Å². The number of anilines is 2. The molecule has 15 heteroatoms. The zero-order chi connectivity index (χ0) is 29.5. The lowest BCUT2D eigenvalue weighted by Gasteiger charge is -2.37. The van der Waals surface area contributed by atoms with E-state index in [2.05, 4.69) is 9.82 Å². The molecule has 2 aromatic carbocycles. The van der Waals surface area contributed by atoms with Crippen molar-refractivity contribution in [2.45, 2.75) is 12.6 Å². The molecule has 0 unspecified atom stereocenters. The quantitative estimate of drug-likeness (QED) is 0.258. The van der Waals surface area contributed by atoms with Gasteiger partial charge < -0.3 is 14.8 Å². The molecule has 0 atom stereocenters. The Bertz CT molecular complexity index is 1680. The summed E-state index contributed by atoms with van der Waals surface area (Å²) >= 11 is 0. The van der Waals surface area contributed by atoms with E-state index in [1.807, 2.05) is 0 Å². The number of benzene rings is 2. The smallest absolute Gasteiger partial charge is 0.416 e. The van der Waals surface area contributed by atoms with Crippen molar-refractivity contribution in [3.8, 4) is 16.9 Å². The SMILES string of the molecule is COc1cc(-c2cc(F)cc(C(F)(F)F)c2)c(F)cc1N1CC=CC2=C1CCN(S(=O)(=O)Nc1cccn[n+]1[O-])C2. The lowest BCUT2D eigenvalue weighted by atomic mass is 9.98. The predicted octanol–water partition coefficient (Wildman–Crippen LogP) is 4.38. The van der Waals surface area contributed by atoms with Gasteiger partial charge in [-0.15, -0.1) is 4.85 Å². The maximum Gasteiger partial charge on any atom is 0.416 e. The van der Waals surface area contributed by atoms with Gasteiger partial charge in [0.25, 0.3) is 0 Å². The van der Waals surface area contributed by atoms with Crippen molar-refractivity contribution >= 4 is 21.7 Å². The van der Waals surface area contributed by atoms with Crippen LogP contribution in [0.4, 0.5) is 33.5 Å². The van der Waals surface area contributed by atoms with Gasteiger partial charge in [0.2, 0.25) is 0 Å². The first-order chi connectivity index (χ1) is 19.4. The molecule has 0 fully saturated rings. The highest BCUT2D eigenvalue weighted by Crippen LogP contribution is 2.41. The van der Waals surface area contributed by atoms with Gasteiger partial charge in [-0.25, -0.2) is 8.78 Å². The van der Waals surface area contributed by atoms with Gasteiger partial charge in [0, 0.05) is 49.4 Å². The van der Waals surface area contributed by atoms with Crippen LogP contribution in [0.3, 0.4) is 0 Å². The van der Waals surface area contributed by atoms with Crippen LogP contribution in [0.25, 0.3) is 11.1 Å². The number of methoxy groups -OCH3 is 1. The molecule has 0 saturated heterocycles. The van der Waals surface area contributed by atoms with Crippen molar-refractivity contribution in [3.05, 3.63) is 94.5 Å². The van der Waals surface area contributed by atoms with Gasteiger partial charge in [-0.3, -0.25) is 0 Å². The van der Waals surface area contributed by atoms with Crippen LogP contribution in [0.15, 0.2) is 72.1 Å². The lowest BCUT2D eigenvalue weighted by Crippen LogP contribution is -2.45. The average molecular weight is 596 g/mol. The second kappa shape index (κ2) is 10.6. The van der Waals surface area contributed by atoms with Crippen molar-refractivity contribution in [1.29, 1.82) is 0 Å². The summed E-state index contributed by atoms with van der Waals surface area (Å²) in [7, 11) is -2.82. The number of aromatic nitrogens is 2. The molecule has 0 amide bonds. The van der Waals surface area contributed by atoms with E-state index in [1.165, 1.54) is 31.5 Å². The van der Waals surface area contributed by atoms with Crippen LogP contribution in [0.1, 0.15) is 12.0 Å². The number of rotatable bonds is 6. The second-order valence-corrected chi connectivity index (χ2v) is 10.9. The Balaban J connectivity index is 1.46. The minimum atomic E-state index is -4.83. The molecule has 0 spiro atoms. The summed E-state index contributed by atoms with van der Waals surface area (Å²) in [4.78, 5) is 1.87. The maximum atomic E-state index is 15.4. The number of alkyl halides is 3. The molecule has 3 heterocycles. The Hall–Kier alpha value is -4.24. The van der Waals surface area contributed by atoms with Crippen LogP contribution in [-0.2, 0) is 16.4 Å². The maximum absolute atomic E-state index is 15.4. The van der Waals surface area contributed by atoms with Gasteiger partial charge in [0.1, 0.15) is 17.4 Å². The van der Waals surface area contributed by atoms with E-state index in [9.17, 15) is 31.2 Å². The molecule has 216 valence electrons. The molecule has 0 saturated carbocycles. The Morgan fingerprint density at radius 1 is 1.15 bits per heavy atom. The van der Waals surface area contributed by atoms with Crippen LogP contribution < -0.4 is 19.2 Å². The highest BCUT2D eigenvalue weighted by atomic mass is 32.2. The molecule has 5 rings (SSSR count). The third kappa shape index (κ3) is 5.67. The summed E-state index contributed by atoms with van der Waals surface area (Å²) in [5, 5.41) is 15.3. The molecule has 41 heavy (non-hydrogen) atoms. The normalized spacial score (nSPS) is 16.1. The van der Waals surface area contributed by atoms with E-state index in [0.29, 0.717) is 23.4 Å². The first kappa shape index (κ1) is 28.3. The van der Waals surface area contributed by atoms with Gasteiger partial charge in [-0.1, -0.05) is 17.3 Å². The van der Waals surface area contributed by atoms with Crippen LogP contribution in [0.2, 0.25) is 0 Å². The first-order valence-electron chi connectivity index (χ1n) is 12.1. The minimum absolute atomic E-state index is 0.0318. The Morgan fingerprint density at radius 3 is 2.63 bits per heavy atom. The van der Waals surface area contributed by atoms with E-state index < -0.39 is 33.6 Å². The molecule has 9 nitrogen and oxygen atoms in total. The molecule has 3 aromatic rings. The fourth-order valence-corrected chi connectivity index (χ4v) is 5.92. The number of hydrogen-bond donors (Lipinski definition) is 1. The Morgan fingerprint density at radius 2 is 1.93 bits per heavy atom. The molecule has 2 aliphatic heterocycles. The minimum Gasteiger partial charge on any atom is -0.691 e. The summed E-state index contributed by atoms with van der Waals surface area (Å²) in [6.07, 6.45) is 0.0882. The van der Waals surface area contributed by atoms with E-state index in [0.717, 1.165) is 16.4 Å². The summed E-state index contributed by atoms with van der Waals surface area (Å²) < 4.78 is 104. The zero-order valence-electron chi connectivity index (χ0n) is 21.3. The molecule has 0 radical (unpaired) electrons. The van der Waals surface area contributed by atoms with E-state index in [-0.39, 0.29) is 59.3 Å². The summed E-state index contributed by atoms with van der Waals surface area (Å²) in [6, 6.07) is 6.77. The first-order valence-corrected chi connectivity index (χ1v) is 13.6. The number of ether oxygens (including phenoxy) is 1. The largest absolute Gasteiger partial charge is 0.691 e. The van der Waals surface area contributed by atoms with Crippen molar-refractivity contribution in [2.24, 2.45) is 0 Å². The Labute approximate surface area is 231 Å². The number of nitrogens with one attached hydrogen (secondary N) is 1. The van der Waals surface area contributed by atoms with Crippen molar-refractivity contribution in [2.75, 3.05) is 36.4 Å². The monoisotopic (exact) mass is 595 g/mol. The van der Waals surface area contributed by atoms with Gasteiger partial charge in [-0.2, -0.15) is 30.6 Å². The molecule has 1 N–H and O–H groups in total. The molecule has 1 aromatic heterocycles. The number of halogens is 5.